The first-order valence-corrected chi connectivity index (χ1v) is 9.80. The predicted molar refractivity (Wildman–Crippen MR) is 116 cm³/mol. The minimum atomic E-state index is -0.308. The van der Waals surface area contributed by atoms with Crippen LogP contribution < -0.4 is 5.32 Å². The van der Waals surface area contributed by atoms with Crippen LogP contribution in [0.25, 0.3) is 17.0 Å². The van der Waals surface area contributed by atoms with Crippen LogP contribution in [0, 0.1) is 12.7 Å². The minimum Gasteiger partial charge on any atom is -0.330 e. The van der Waals surface area contributed by atoms with Crippen molar-refractivity contribution < 1.29 is 4.39 Å². The number of benzene rings is 1. The molecule has 4 nitrogen and oxygen atoms in total. The summed E-state index contributed by atoms with van der Waals surface area (Å²) in [7, 11) is 0. The molecule has 1 aromatic carbocycles. The molecular formula is C17H12Br3FN4S. The van der Waals surface area contributed by atoms with Crippen LogP contribution in [0.4, 0.5) is 15.2 Å². The van der Waals surface area contributed by atoms with Gasteiger partial charge in [0, 0.05) is 20.5 Å². The van der Waals surface area contributed by atoms with E-state index in [2.05, 4.69) is 47.1 Å². The standard InChI is InChI=1S/C17H11Br2FN4S.BrH/c1-9-16(24-7-10(20)5-6-14(24)21-9)13-8-25-17(22-13)23-15-11(18)3-2-4-12(15)19;/h2-8H,1H3,(H,22,23);1H. The number of hydrogen-bond acceptors (Lipinski definition) is 4. The van der Waals surface area contributed by atoms with Crippen molar-refractivity contribution in [1.82, 2.24) is 14.4 Å². The maximum absolute atomic E-state index is 13.6. The second kappa shape index (κ2) is 7.75. The van der Waals surface area contributed by atoms with Gasteiger partial charge in [-0.3, -0.25) is 4.40 Å². The number of aryl methyl sites for hydroxylation is 1. The van der Waals surface area contributed by atoms with Crippen molar-refractivity contribution in [3.8, 4) is 11.4 Å². The number of thiazole rings is 1. The first-order valence-electron chi connectivity index (χ1n) is 7.34. The molecule has 26 heavy (non-hydrogen) atoms. The van der Waals surface area contributed by atoms with E-state index in [0.29, 0.717) is 5.65 Å². The lowest BCUT2D eigenvalue weighted by Gasteiger charge is -2.07. The lowest BCUT2D eigenvalue weighted by molar-refractivity contribution is 0.619. The number of fused-ring (bicyclic) bond motifs is 1. The smallest absolute Gasteiger partial charge is 0.187 e. The monoisotopic (exact) mass is 560 g/mol. The number of nitrogens with one attached hydrogen (secondary N) is 1. The van der Waals surface area contributed by atoms with Gasteiger partial charge in [0.25, 0.3) is 0 Å². The van der Waals surface area contributed by atoms with Crippen LogP contribution in [-0.4, -0.2) is 14.4 Å². The number of aromatic nitrogens is 3. The van der Waals surface area contributed by atoms with Crippen LogP contribution >= 0.6 is 60.2 Å². The molecule has 4 rings (SSSR count). The molecule has 0 atom stereocenters. The Morgan fingerprint density at radius 3 is 2.58 bits per heavy atom. The van der Waals surface area contributed by atoms with Gasteiger partial charge in [-0.1, -0.05) is 6.07 Å². The molecule has 0 amide bonds. The maximum atomic E-state index is 13.6. The Hall–Kier alpha value is -1.29. The largest absolute Gasteiger partial charge is 0.330 e. The Balaban J connectivity index is 0.00000196. The Labute approximate surface area is 180 Å². The van der Waals surface area contributed by atoms with Crippen molar-refractivity contribution in [2.24, 2.45) is 0 Å². The average Bonchev–Trinajstić information content (AvgIpc) is 3.14. The molecule has 0 fully saturated rings. The van der Waals surface area contributed by atoms with E-state index in [0.717, 1.165) is 36.8 Å². The number of rotatable bonds is 3. The molecule has 0 spiro atoms. The molecule has 134 valence electrons. The van der Waals surface area contributed by atoms with Crippen molar-refractivity contribution in [3.63, 3.8) is 0 Å². The molecule has 3 heterocycles. The number of hydrogen-bond donors (Lipinski definition) is 1. The molecule has 0 saturated carbocycles. The van der Waals surface area contributed by atoms with Crippen molar-refractivity contribution in [2.45, 2.75) is 6.92 Å². The molecular weight excluding hydrogens is 551 g/mol. The summed E-state index contributed by atoms with van der Waals surface area (Å²) in [4.78, 5) is 9.13. The van der Waals surface area contributed by atoms with Crippen molar-refractivity contribution >= 4 is 76.6 Å². The summed E-state index contributed by atoms with van der Waals surface area (Å²) in [6.45, 7) is 1.90. The molecule has 3 aromatic heterocycles. The number of pyridine rings is 1. The summed E-state index contributed by atoms with van der Waals surface area (Å²) in [6, 6.07) is 8.93. The second-order valence-corrected chi connectivity index (χ2v) is 7.95. The highest BCUT2D eigenvalue weighted by Crippen LogP contribution is 2.35. The quantitative estimate of drug-likeness (QED) is 0.300. The Morgan fingerprint density at radius 2 is 1.85 bits per heavy atom. The predicted octanol–water partition coefficient (Wildman–Crippen LogP) is 6.75. The van der Waals surface area contributed by atoms with E-state index in [1.54, 1.807) is 10.5 Å². The third-order valence-electron chi connectivity index (χ3n) is 3.70. The molecule has 0 bridgehead atoms. The van der Waals surface area contributed by atoms with Crippen LogP contribution in [0.3, 0.4) is 0 Å². The highest BCUT2D eigenvalue weighted by molar-refractivity contribution is 9.11. The van der Waals surface area contributed by atoms with E-state index in [9.17, 15) is 4.39 Å². The zero-order valence-electron chi connectivity index (χ0n) is 13.3. The van der Waals surface area contributed by atoms with Crippen LogP contribution in [0.15, 0.2) is 50.9 Å². The summed E-state index contributed by atoms with van der Waals surface area (Å²) in [6.07, 6.45) is 1.43. The summed E-state index contributed by atoms with van der Waals surface area (Å²) in [5.41, 5.74) is 3.97. The fourth-order valence-corrected chi connectivity index (χ4v) is 4.51. The number of anilines is 2. The van der Waals surface area contributed by atoms with E-state index < -0.39 is 0 Å². The molecule has 0 saturated heterocycles. The normalized spacial score (nSPS) is 10.8. The minimum absolute atomic E-state index is 0. The highest BCUT2D eigenvalue weighted by atomic mass is 79.9. The first kappa shape index (κ1) is 19.5. The van der Waals surface area contributed by atoms with E-state index in [1.807, 2.05) is 30.5 Å². The van der Waals surface area contributed by atoms with E-state index in [4.69, 9.17) is 0 Å². The van der Waals surface area contributed by atoms with Crippen LogP contribution in [0.5, 0.6) is 0 Å². The molecule has 0 unspecified atom stereocenters. The second-order valence-electron chi connectivity index (χ2n) is 5.38. The molecule has 9 heteroatoms. The zero-order valence-corrected chi connectivity index (χ0v) is 19.0. The molecule has 1 N–H and O–H groups in total. The fourth-order valence-electron chi connectivity index (χ4n) is 2.61. The molecule has 0 aliphatic carbocycles. The van der Waals surface area contributed by atoms with Crippen molar-refractivity contribution in [1.29, 1.82) is 0 Å². The van der Waals surface area contributed by atoms with Gasteiger partial charge in [-0.05, 0) is 63.0 Å². The van der Waals surface area contributed by atoms with Crippen LogP contribution in [0.2, 0.25) is 0 Å². The van der Waals surface area contributed by atoms with Gasteiger partial charge in [-0.25, -0.2) is 14.4 Å². The van der Waals surface area contributed by atoms with Gasteiger partial charge in [0.1, 0.15) is 17.2 Å². The number of para-hydroxylation sites is 1. The summed E-state index contributed by atoms with van der Waals surface area (Å²) >= 11 is 8.54. The fraction of sp³-hybridized carbons (Fsp3) is 0.0588. The van der Waals surface area contributed by atoms with Gasteiger partial charge < -0.3 is 5.32 Å². The summed E-state index contributed by atoms with van der Waals surface area (Å²) in [5, 5.41) is 5.99. The molecule has 4 aromatic rings. The Morgan fingerprint density at radius 1 is 1.12 bits per heavy atom. The lowest BCUT2D eigenvalue weighted by atomic mass is 10.3. The number of halogens is 4. The van der Waals surface area contributed by atoms with E-state index in [-0.39, 0.29) is 22.8 Å². The zero-order chi connectivity index (χ0) is 17.6. The maximum Gasteiger partial charge on any atom is 0.187 e. The van der Waals surface area contributed by atoms with Gasteiger partial charge >= 0.3 is 0 Å². The Kier molecular flexibility index (Phi) is 5.81. The number of nitrogens with zero attached hydrogens (tertiary/aromatic N) is 3. The summed E-state index contributed by atoms with van der Waals surface area (Å²) < 4.78 is 17.2. The SMILES string of the molecule is Br.Cc1nc2ccc(F)cn2c1-c1csc(Nc2c(Br)cccc2Br)n1. The number of imidazole rings is 1. The van der Waals surface area contributed by atoms with E-state index >= 15 is 0 Å². The molecule has 0 aliphatic rings. The lowest BCUT2D eigenvalue weighted by Crippen LogP contribution is -1.94. The average molecular weight is 563 g/mol. The van der Waals surface area contributed by atoms with Crippen molar-refractivity contribution in [2.75, 3.05) is 5.32 Å². The van der Waals surface area contributed by atoms with Gasteiger partial charge in [-0.2, -0.15) is 0 Å². The molecule has 0 radical (unpaired) electrons. The third-order valence-corrected chi connectivity index (χ3v) is 5.78. The van der Waals surface area contributed by atoms with E-state index in [1.165, 1.54) is 23.6 Å². The third kappa shape index (κ3) is 3.58. The van der Waals surface area contributed by atoms with Gasteiger partial charge in [0.2, 0.25) is 0 Å². The van der Waals surface area contributed by atoms with Gasteiger partial charge in [0.05, 0.1) is 17.1 Å². The Bertz CT molecular complexity index is 1070. The van der Waals surface area contributed by atoms with Gasteiger partial charge in [0.15, 0.2) is 5.13 Å². The van der Waals surface area contributed by atoms with Crippen molar-refractivity contribution in [3.05, 3.63) is 62.4 Å². The van der Waals surface area contributed by atoms with Crippen LogP contribution in [0.1, 0.15) is 5.69 Å². The molecule has 0 aliphatic heterocycles. The first-order chi connectivity index (χ1) is 12.0. The summed E-state index contributed by atoms with van der Waals surface area (Å²) in [5.74, 6) is -0.308. The van der Waals surface area contributed by atoms with Crippen LogP contribution in [-0.2, 0) is 0 Å². The highest BCUT2D eigenvalue weighted by Gasteiger charge is 2.15. The topological polar surface area (TPSA) is 42.2 Å². The van der Waals surface area contributed by atoms with Gasteiger partial charge in [-0.15, -0.1) is 28.3 Å².